The highest BCUT2D eigenvalue weighted by Gasteiger charge is 3.00. The van der Waals surface area contributed by atoms with Crippen molar-refractivity contribution in [3.8, 4) is 0 Å². The Morgan fingerprint density at radius 3 is 2.73 bits per heavy atom. The summed E-state index contributed by atoms with van der Waals surface area (Å²) in [6.45, 7) is 6.84. The second kappa shape index (κ2) is 5.50. The normalized spacial score (nSPS) is 53.3. The minimum absolute atomic E-state index is 0.0106. The lowest BCUT2D eigenvalue weighted by Gasteiger charge is -2.83. The summed E-state index contributed by atoms with van der Waals surface area (Å²) >= 11 is 0. The molecule has 1 N–H and O–H groups in total. The molecule has 1 aromatic rings. The quantitative estimate of drug-likeness (QED) is 0.769. The third-order valence-corrected chi connectivity index (χ3v) is 10.5. The molecular weight excluding hydrogens is 376 g/mol. The van der Waals surface area contributed by atoms with Crippen LogP contribution >= 0.6 is 0 Å². The number of carbonyl (C=O) groups excluding carboxylic acids is 1. The van der Waals surface area contributed by atoms with Gasteiger partial charge in [0, 0.05) is 23.2 Å². The molecule has 4 saturated carbocycles. The van der Waals surface area contributed by atoms with Gasteiger partial charge in [0.2, 0.25) is 0 Å². The molecular formula is C26H32O4. The first-order valence-corrected chi connectivity index (χ1v) is 12.0. The van der Waals surface area contributed by atoms with Crippen LogP contribution < -0.4 is 0 Å². The van der Waals surface area contributed by atoms with E-state index in [1.165, 1.54) is 17.5 Å². The maximum Gasteiger partial charge on any atom is 0.314 e. The highest BCUT2D eigenvalue weighted by atomic mass is 16.6. The molecule has 1 heterocycles. The molecule has 0 bridgehead atoms. The van der Waals surface area contributed by atoms with Gasteiger partial charge >= 0.3 is 5.97 Å². The number of carbonyl (C=O) groups is 1. The molecule has 0 unspecified atom stereocenters. The van der Waals surface area contributed by atoms with E-state index < -0.39 is 10.8 Å². The number of ether oxygens (including phenoxy) is 2. The first-order valence-electron chi connectivity index (χ1n) is 12.0. The minimum atomic E-state index is -0.564. The van der Waals surface area contributed by atoms with Crippen LogP contribution in [0.4, 0.5) is 0 Å². The van der Waals surface area contributed by atoms with E-state index >= 15 is 0 Å². The zero-order chi connectivity index (χ0) is 20.6. The number of esters is 1. The van der Waals surface area contributed by atoms with Crippen molar-refractivity contribution < 1.29 is 19.4 Å². The Labute approximate surface area is 178 Å². The molecule has 0 aromatic heterocycles. The number of benzene rings is 1. The Morgan fingerprint density at radius 2 is 2.00 bits per heavy atom. The number of rotatable bonds is 4. The first-order chi connectivity index (χ1) is 14.5. The largest absolute Gasteiger partial charge is 0.462 e. The van der Waals surface area contributed by atoms with Crippen LogP contribution in [0.15, 0.2) is 24.3 Å². The Kier molecular flexibility index (Phi) is 3.34. The molecule has 160 valence electrons. The molecule has 0 amide bonds. The lowest BCUT2D eigenvalue weighted by Crippen LogP contribution is -2.89. The van der Waals surface area contributed by atoms with Gasteiger partial charge in [-0.3, -0.25) is 4.79 Å². The van der Waals surface area contributed by atoms with Crippen molar-refractivity contribution in [2.45, 2.75) is 70.2 Å². The van der Waals surface area contributed by atoms with Crippen LogP contribution in [0.2, 0.25) is 0 Å². The van der Waals surface area contributed by atoms with E-state index in [1.807, 2.05) is 0 Å². The first kappa shape index (κ1) is 18.2. The summed E-state index contributed by atoms with van der Waals surface area (Å²) in [4.78, 5) is 14.1. The minimum Gasteiger partial charge on any atom is -0.462 e. The standard InChI is InChI=1S/C26H32O4/c1-12(2)14-9-8-13(3)10-17(14)29-24(28)26-19-16-7-5-4-6-15(16)18-20(26)21-22(18)30-23(19)25(21,26)11-27/h4-7,12-14,17-23,27H,8-11H2,1-3H3/t13-,14+,17-,18+,19+,20-,21-,22+,23-,25-,26-/m1/s1. The maximum absolute atomic E-state index is 14.1. The van der Waals surface area contributed by atoms with Crippen LogP contribution in [0.3, 0.4) is 0 Å². The van der Waals surface area contributed by atoms with Crippen LogP contribution in [-0.2, 0) is 14.3 Å². The fourth-order valence-electron chi connectivity index (χ4n) is 9.42. The van der Waals surface area contributed by atoms with Gasteiger partial charge in [0.05, 0.1) is 24.2 Å². The van der Waals surface area contributed by atoms with Crippen molar-refractivity contribution in [2.24, 2.45) is 40.4 Å². The van der Waals surface area contributed by atoms with Gasteiger partial charge in [0.25, 0.3) is 0 Å². The average molecular weight is 409 g/mol. The van der Waals surface area contributed by atoms with Gasteiger partial charge in [0.1, 0.15) is 6.10 Å². The van der Waals surface area contributed by atoms with Gasteiger partial charge in [-0.2, -0.15) is 0 Å². The van der Waals surface area contributed by atoms with Crippen LogP contribution in [-0.4, -0.2) is 36.0 Å². The van der Waals surface area contributed by atoms with Crippen LogP contribution in [0.25, 0.3) is 0 Å². The molecule has 5 fully saturated rings. The zero-order valence-corrected chi connectivity index (χ0v) is 18.1. The molecule has 4 nitrogen and oxygen atoms in total. The third kappa shape index (κ3) is 1.59. The predicted octanol–water partition coefficient (Wildman–Crippen LogP) is 3.88. The van der Waals surface area contributed by atoms with Gasteiger partial charge in [-0.05, 0) is 47.6 Å². The summed E-state index contributed by atoms with van der Waals surface area (Å²) in [7, 11) is 0. The number of fused-ring (bicyclic) bond motifs is 5. The fraction of sp³-hybridized carbons (Fsp3) is 0.731. The SMILES string of the molecule is CC(C)[C@@H]1CC[C@@H](C)C[C@H]1OC(=O)[C@]12[C@@H]3[C@@H]4c5ccccc5[C@H]1[C@H]1O[C@@H]4[C@@H]3[C@]12CO. The Balaban J connectivity index is 1.29. The van der Waals surface area contributed by atoms with Gasteiger partial charge in [-0.1, -0.05) is 51.5 Å². The number of hydrogen-bond acceptors (Lipinski definition) is 4. The van der Waals surface area contributed by atoms with E-state index in [0.29, 0.717) is 35.5 Å². The van der Waals surface area contributed by atoms with Gasteiger partial charge in [-0.25, -0.2) is 0 Å². The molecule has 6 aliphatic rings. The molecule has 5 aliphatic carbocycles. The van der Waals surface area contributed by atoms with Crippen molar-refractivity contribution in [1.29, 1.82) is 0 Å². The van der Waals surface area contributed by atoms with Crippen molar-refractivity contribution in [3.63, 3.8) is 0 Å². The zero-order valence-electron chi connectivity index (χ0n) is 18.1. The molecule has 30 heavy (non-hydrogen) atoms. The summed E-state index contributed by atoms with van der Waals surface area (Å²) in [6, 6.07) is 8.62. The third-order valence-electron chi connectivity index (χ3n) is 10.5. The van der Waals surface area contributed by atoms with Crippen molar-refractivity contribution >= 4 is 5.97 Å². The second-order valence-corrected chi connectivity index (χ2v) is 11.5. The summed E-state index contributed by atoms with van der Waals surface area (Å²) in [6.07, 6.45) is 3.50. The van der Waals surface area contributed by atoms with Crippen LogP contribution in [0, 0.1) is 40.4 Å². The smallest absolute Gasteiger partial charge is 0.314 e. The molecule has 1 aromatic carbocycles. The lowest BCUT2D eigenvalue weighted by atomic mass is 9.16. The monoisotopic (exact) mass is 408 g/mol. The Bertz CT molecular complexity index is 941. The van der Waals surface area contributed by atoms with E-state index in [1.54, 1.807) is 0 Å². The molecule has 7 rings (SSSR count). The lowest BCUT2D eigenvalue weighted by molar-refractivity contribution is -0.342. The van der Waals surface area contributed by atoms with Gasteiger partial charge < -0.3 is 14.6 Å². The maximum atomic E-state index is 14.1. The van der Waals surface area contributed by atoms with E-state index in [9.17, 15) is 9.90 Å². The Hall–Kier alpha value is -1.39. The summed E-state index contributed by atoms with van der Waals surface area (Å²) in [5.41, 5.74) is 1.70. The fourth-order valence-corrected chi connectivity index (χ4v) is 9.42. The molecule has 1 saturated heterocycles. The second-order valence-electron chi connectivity index (χ2n) is 11.5. The highest BCUT2D eigenvalue weighted by Crippen LogP contribution is 2.95. The van der Waals surface area contributed by atoms with Crippen molar-refractivity contribution in [3.05, 3.63) is 35.4 Å². The average Bonchev–Trinajstić information content (AvgIpc) is 2.92. The number of aliphatic hydroxyl groups excluding tert-OH is 1. The van der Waals surface area contributed by atoms with Gasteiger partial charge in [-0.15, -0.1) is 0 Å². The molecule has 4 heteroatoms. The topological polar surface area (TPSA) is 55.8 Å². The summed E-state index contributed by atoms with van der Waals surface area (Å²) in [5.74, 6) is 2.52. The van der Waals surface area contributed by atoms with E-state index in [-0.39, 0.29) is 36.8 Å². The van der Waals surface area contributed by atoms with Gasteiger partial charge in [0.15, 0.2) is 0 Å². The number of hydrogen-bond donors (Lipinski definition) is 1. The van der Waals surface area contributed by atoms with E-state index in [2.05, 4.69) is 45.0 Å². The number of aliphatic hydroxyl groups is 1. The molecule has 0 spiro atoms. The van der Waals surface area contributed by atoms with E-state index in [4.69, 9.17) is 9.47 Å². The molecule has 0 radical (unpaired) electrons. The summed E-state index contributed by atoms with van der Waals surface area (Å²) in [5, 5.41) is 10.6. The summed E-state index contributed by atoms with van der Waals surface area (Å²) < 4.78 is 13.0. The van der Waals surface area contributed by atoms with Crippen LogP contribution in [0.1, 0.15) is 63.0 Å². The van der Waals surface area contributed by atoms with Crippen LogP contribution in [0.5, 0.6) is 0 Å². The van der Waals surface area contributed by atoms with Crippen molar-refractivity contribution in [1.82, 2.24) is 0 Å². The highest BCUT2D eigenvalue weighted by molar-refractivity contribution is 5.88. The van der Waals surface area contributed by atoms with E-state index in [0.717, 1.165) is 12.8 Å². The predicted molar refractivity (Wildman–Crippen MR) is 111 cm³/mol. The molecule has 11 atom stereocenters. The molecule has 1 aliphatic heterocycles. The van der Waals surface area contributed by atoms with Crippen molar-refractivity contribution in [2.75, 3.05) is 6.61 Å². The Morgan fingerprint density at radius 1 is 1.23 bits per heavy atom.